The molecule has 0 saturated heterocycles. The van der Waals surface area contributed by atoms with Crippen molar-refractivity contribution in [1.29, 1.82) is 0 Å². The first-order valence-electron chi connectivity index (χ1n) is 7.55. The van der Waals surface area contributed by atoms with Gasteiger partial charge in [0.05, 0.1) is 0 Å². The van der Waals surface area contributed by atoms with E-state index in [1.807, 2.05) is 19.2 Å². The molecule has 0 radical (unpaired) electrons. The Morgan fingerprint density at radius 1 is 1.25 bits per heavy atom. The van der Waals surface area contributed by atoms with Gasteiger partial charge >= 0.3 is 0 Å². The number of nitrogens with two attached hydrogens (primary N) is 1. The summed E-state index contributed by atoms with van der Waals surface area (Å²) in [6, 6.07) is 6.80. The number of nitrogens with zero attached hydrogens (tertiary/aromatic N) is 1. The lowest BCUT2D eigenvalue weighted by Gasteiger charge is -2.29. The summed E-state index contributed by atoms with van der Waals surface area (Å²) in [6.07, 6.45) is 7.10. The zero-order valence-corrected chi connectivity index (χ0v) is 12.3. The number of nitrogens with one attached hydrogen (secondary N) is 1. The van der Waals surface area contributed by atoms with Gasteiger partial charge < -0.3 is 11.1 Å². The summed E-state index contributed by atoms with van der Waals surface area (Å²) in [7, 11) is 0. The largest absolute Gasteiger partial charge is 0.398 e. The van der Waals surface area contributed by atoms with Gasteiger partial charge in [-0.25, -0.2) is 0 Å². The SMILES string of the molecule is Cc1cc2c(NC3CCCC(C)C3)ccc(N)c2cn1. The Morgan fingerprint density at radius 3 is 2.90 bits per heavy atom. The van der Waals surface area contributed by atoms with E-state index in [9.17, 15) is 0 Å². The van der Waals surface area contributed by atoms with Crippen LogP contribution in [-0.2, 0) is 0 Å². The average molecular weight is 269 g/mol. The Labute approximate surface area is 120 Å². The molecule has 3 N–H and O–H groups in total. The van der Waals surface area contributed by atoms with Gasteiger partial charge in [0.25, 0.3) is 0 Å². The monoisotopic (exact) mass is 269 g/mol. The minimum Gasteiger partial charge on any atom is -0.398 e. The lowest BCUT2D eigenvalue weighted by Crippen LogP contribution is -2.26. The number of hydrogen-bond donors (Lipinski definition) is 2. The predicted molar refractivity (Wildman–Crippen MR) is 85.9 cm³/mol. The Bertz CT molecular complexity index is 621. The van der Waals surface area contributed by atoms with E-state index in [-0.39, 0.29) is 0 Å². The minimum atomic E-state index is 0.582. The van der Waals surface area contributed by atoms with E-state index in [4.69, 9.17) is 5.73 Å². The highest BCUT2D eigenvalue weighted by molar-refractivity contribution is 6.00. The van der Waals surface area contributed by atoms with E-state index in [0.29, 0.717) is 6.04 Å². The van der Waals surface area contributed by atoms with Crippen LogP contribution in [0.25, 0.3) is 10.8 Å². The van der Waals surface area contributed by atoms with Crippen molar-refractivity contribution in [3.63, 3.8) is 0 Å². The number of aromatic nitrogens is 1. The highest BCUT2D eigenvalue weighted by Gasteiger charge is 2.19. The van der Waals surface area contributed by atoms with Crippen molar-refractivity contribution in [2.45, 2.75) is 45.6 Å². The molecule has 20 heavy (non-hydrogen) atoms. The van der Waals surface area contributed by atoms with Crippen LogP contribution >= 0.6 is 0 Å². The maximum atomic E-state index is 6.06. The fourth-order valence-corrected chi connectivity index (χ4v) is 3.28. The van der Waals surface area contributed by atoms with Crippen LogP contribution in [0.5, 0.6) is 0 Å². The molecular formula is C17H23N3. The molecule has 1 saturated carbocycles. The molecule has 1 heterocycles. The fraction of sp³-hybridized carbons (Fsp3) is 0.471. The topological polar surface area (TPSA) is 50.9 Å². The molecule has 0 amide bonds. The van der Waals surface area contributed by atoms with Crippen molar-refractivity contribution in [2.75, 3.05) is 11.1 Å². The van der Waals surface area contributed by atoms with Gasteiger partial charge in [-0.1, -0.05) is 19.8 Å². The standard InChI is InChI=1S/C17H23N3/c1-11-4-3-5-13(8-11)20-17-7-6-16(18)15-10-19-12(2)9-14(15)17/h6-7,9-11,13,20H,3-5,8,18H2,1-2H3. The number of fused-ring (bicyclic) bond motifs is 1. The summed E-state index contributed by atoms with van der Waals surface area (Å²) in [6.45, 7) is 4.37. The van der Waals surface area contributed by atoms with Crippen molar-refractivity contribution < 1.29 is 0 Å². The molecule has 3 nitrogen and oxygen atoms in total. The molecule has 0 spiro atoms. The minimum absolute atomic E-state index is 0.582. The van der Waals surface area contributed by atoms with Crippen LogP contribution in [0.15, 0.2) is 24.4 Å². The van der Waals surface area contributed by atoms with Crippen LogP contribution in [0.2, 0.25) is 0 Å². The lowest BCUT2D eigenvalue weighted by atomic mass is 9.87. The second kappa shape index (κ2) is 5.31. The quantitative estimate of drug-likeness (QED) is 0.806. The Kier molecular flexibility index (Phi) is 3.51. The van der Waals surface area contributed by atoms with Gasteiger partial charge in [-0.05, 0) is 43.9 Å². The summed E-state index contributed by atoms with van der Waals surface area (Å²) < 4.78 is 0. The molecule has 106 valence electrons. The van der Waals surface area contributed by atoms with E-state index in [2.05, 4.69) is 29.4 Å². The molecule has 2 aromatic rings. The number of aryl methyl sites for hydroxylation is 1. The molecule has 1 aromatic carbocycles. The third-order valence-electron chi connectivity index (χ3n) is 4.37. The Balaban J connectivity index is 1.95. The maximum absolute atomic E-state index is 6.06. The normalized spacial score (nSPS) is 22.9. The molecule has 2 unspecified atom stereocenters. The van der Waals surface area contributed by atoms with E-state index in [1.165, 1.54) is 36.8 Å². The highest BCUT2D eigenvalue weighted by atomic mass is 14.9. The first-order chi connectivity index (χ1) is 9.63. The summed E-state index contributed by atoms with van der Waals surface area (Å²) in [5.41, 5.74) is 9.09. The smallest absolute Gasteiger partial charge is 0.0424 e. The first kappa shape index (κ1) is 13.2. The second-order valence-electron chi connectivity index (χ2n) is 6.19. The molecule has 3 rings (SSSR count). The molecule has 0 aliphatic heterocycles. The number of hydrogen-bond acceptors (Lipinski definition) is 3. The molecule has 1 aliphatic rings. The van der Waals surface area contributed by atoms with E-state index in [1.54, 1.807) is 0 Å². The zero-order chi connectivity index (χ0) is 14.1. The zero-order valence-electron chi connectivity index (χ0n) is 12.3. The molecule has 0 bridgehead atoms. The summed E-state index contributed by atoms with van der Waals surface area (Å²) in [4.78, 5) is 4.36. The maximum Gasteiger partial charge on any atom is 0.0424 e. The number of nitrogen functional groups attached to an aromatic ring is 1. The van der Waals surface area contributed by atoms with E-state index >= 15 is 0 Å². The van der Waals surface area contributed by atoms with E-state index < -0.39 is 0 Å². The second-order valence-corrected chi connectivity index (χ2v) is 6.19. The van der Waals surface area contributed by atoms with Gasteiger partial charge in [0.1, 0.15) is 0 Å². The molecular weight excluding hydrogens is 246 g/mol. The van der Waals surface area contributed by atoms with Crippen molar-refractivity contribution in [2.24, 2.45) is 5.92 Å². The number of anilines is 2. The van der Waals surface area contributed by atoms with Crippen molar-refractivity contribution in [1.82, 2.24) is 4.98 Å². The molecule has 1 aromatic heterocycles. The summed E-state index contributed by atoms with van der Waals surface area (Å²) in [5.74, 6) is 0.824. The Morgan fingerprint density at radius 2 is 2.10 bits per heavy atom. The summed E-state index contributed by atoms with van der Waals surface area (Å²) >= 11 is 0. The van der Waals surface area contributed by atoms with Crippen LogP contribution in [-0.4, -0.2) is 11.0 Å². The van der Waals surface area contributed by atoms with Gasteiger partial charge in [0, 0.05) is 40.1 Å². The molecule has 2 atom stereocenters. The van der Waals surface area contributed by atoms with E-state index in [0.717, 1.165) is 22.7 Å². The van der Waals surface area contributed by atoms with Crippen LogP contribution in [0.4, 0.5) is 11.4 Å². The number of pyridine rings is 1. The fourth-order valence-electron chi connectivity index (χ4n) is 3.28. The van der Waals surface area contributed by atoms with Crippen molar-refractivity contribution in [3.8, 4) is 0 Å². The van der Waals surface area contributed by atoms with Crippen LogP contribution in [0, 0.1) is 12.8 Å². The Hall–Kier alpha value is -1.77. The van der Waals surface area contributed by atoms with Gasteiger partial charge in [-0.2, -0.15) is 0 Å². The van der Waals surface area contributed by atoms with Crippen LogP contribution < -0.4 is 11.1 Å². The number of benzene rings is 1. The van der Waals surface area contributed by atoms with Gasteiger partial charge in [-0.3, -0.25) is 4.98 Å². The molecule has 3 heteroatoms. The average Bonchev–Trinajstić information content (AvgIpc) is 2.42. The highest BCUT2D eigenvalue weighted by Crippen LogP contribution is 2.32. The van der Waals surface area contributed by atoms with Gasteiger partial charge in [0.15, 0.2) is 0 Å². The molecule has 1 aliphatic carbocycles. The predicted octanol–water partition coefficient (Wildman–Crippen LogP) is 4.12. The third kappa shape index (κ3) is 2.58. The third-order valence-corrected chi connectivity index (χ3v) is 4.37. The van der Waals surface area contributed by atoms with Crippen LogP contribution in [0.3, 0.4) is 0 Å². The van der Waals surface area contributed by atoms with Gasteiger partial charge in [0.2, 0.25) is 0 Å². The number of rotatable bonds is 2. The summed E-state index contributed by atoms with van der Waals surface area (Å²) in [5, 5.41) is 5.96. The molecule has 1 fully saturated rings. The first-order valence-corrected chi connectivity index (χ1v) is 7.55. The van der Waals surface area contributed by atoms with Gasteiger partial charge in [-0.15, -0.1) is 0 Å². The lowest BCUT2D eigenvalue weighted by molar-refractivity contribution is 0.359. The van der Waals surface area contributed by atoms with Crippen LogP contribution in [0.1, 0.15) is 38.3 Å². The van der Waals surface area contributed by atoms with Crippen molar-refractivity contribution >= 4 is 22.1 Å². The van der Waals surface area contributed by atoms with Crippen molar-refractivity contribution in [3.05, 3.63) is 30.1 Å².